The Morgan fingerprint density at radius 1 is 1.05 bits per heavy atom. The summed E-state index contributed by atoms with van der Waals surface area (Å²) >= 11 is 0. The van der Waals surface area contributed by atoms with E-state index >= 15 is 0 Å². The maximum absolute atomic E-state index is 5.93. The van der Waals surface area contributed by atoms with Crippen LogP contribution in [0.4, 0.5) is 0 Å². The van der Waals surface area contributed by atoms with Crippen LogP contribution in [-0.4, -0.2) is 43.1 Å². The zero-order chi connectivity index (χ0) is 16.1. The quantitative estimate of drug-likeness (QED) is 0.216. The molecule has 134 valence electrons. The summed E-state index contributed by atoms with van der Waals surface area (Å²) < 4.78 is 0. The summed E-state index contributed by atoms with van der Waals surface area (Å²) in [5.74, 6) is 1.39. The fourth-order valence-electron chi connectivity index (χ4n) is 2.39. The molecule has 0 amide bonds. The number of hydrogen-bond donors (Lipinski definition) is 2. The van der Waals surface area contributed by atoms with E-state index in [-0.39, 0.29) is 24.0 Å². The van der Waals surface area contributed by atoms with Gasteiger partial charge in [0, 0.05) is 12.6 Å². The molecule has 4 nitrogen and oxygen atoms in total. The Morgan fingerprint density at radius 2 is 1.68 bits per heavy atom. The van der Waals surface area contributed by atoms with Crippen molar-refractivity contribution in [3.63, 3.8) is 0 Å². The molecule has 0 radical (unpaired) electrons. The minimum Gasteiger partial charge on any atom is -0.370 e. The number of halogens is 1. The minimum atomic E-state index is 0. The Morgan fingerprint density at radius 3 is 2.23 bits per heavy atom. The van der Waals surface area contributed by atoms with Gasteiger partial charge in [-0.05, 0) is 51.7 Å². The van der Waals surface area contributed by atoms with Crippen molar-refractivity contribution in [1.82, 2.24) is 10.2 Å². The fraction of sp³-hybridized carbons (Fsp3) is 0.941. The third-order valence-electron chi connectivity index (χ3n) is 3.87. The van der Waals surface area contributed by atoms with Crippen LogP contribution in [0.3, 0.4) is 0 Å². The van der Waals surface area contributed by atoms with Gasteiger partial charge >= 0.3 is 0 Å². The maximum Gasteiger partial charge on any atom is 0.188 e. The number of aliphatic imine (C=N–C) groups is 1. The van der Waals surface area contributed by atoms with Crippen LogP contribution in [-0.2, 0) is 0 Å². The first kappa shape index (κ1) is 24.2. The summed E-state index contributed by atoms with van der Waals surface area (Å²) in [6.07, 6.45) is 6.01. The van der Waals surface area contributed by atoms with E-state index in [1.807, 2.05) is 0 Å². The topological polar surface area (TPSA) is 53.6 Å². The third-order valence-corrected chi connectivity index (χ3v) is 3.87. The number of nitrogens with zero attached hydrogens (tertiary/aromatic N) is 2. The average molecular weight is 426 g/mol. The van der Waals surface area contributed by atoms with Crippen LogP contribution in [0.25, 0.3) is 0 Å². The highest BCUT2D eigenvalue weighted by atomic mass is 127. The molecular formula is C17H39IN4. The van der Waals surface area contributed by atoms with Gasteiger partial charge in [0.05, 0.1) is 0 Å². The van der Waals surface area contributed by atoms with Crippen LogP contribution in [0, 0.1) is 5.92 Å². The van der Waals surface area contributed by atoms with Gasteiger partial charge in [-0.3, -0.25) is 4.99 Å². The standard InChI is InChI=1S/C17H38N4.HI/c1-6-21(7-2)14-9-8-13-19-17(18)20-16(5)12-10-11-15(3)4;/h15-16H,6-14H2,1-5H3,(H3,18,19,20);1H. The monoisotopic (exact) mass is 426 g/mol. The van der Waals surface area contributed by atoms with Gasteiger partial charge in [0.1, 0.15) is 0 Å². The highest BCUT2D eigenvalue weighted by molar-refractivity contribution is 14.0. The molecule has 0 aliphatic carbocycles. The molecular weight excluding hydrogens is 387 g/mol. The van der Waals surface area contributed by atoms with E-state index in [4.69, 9.17) is 5.73 Å². The molecule has 0 saturated carbocycles. The van der Waals surface area contributed by atoms with Crippen molar-refractivity contribution >= 4 is 29.9 Å². The van der Waals surface area contributed by atoms with E-state index in [2.05, 4.69) is 49.8 Å². The molecule has 0 fully saturated rings. The molecule has 1 unspecified atom stereocenters. The number of guanidine groups is 1. The first-order valence-electron chi connectivity index (χ1n) is 8.78. The average Bonchev–Trinajstić information content (AvgIpc) is 2.42. The van der Waals surface area contributed by atoms with Crippen molar-refractivity contribution in [1.29, 1.82) is 0 Å². The normalized spacial score (nSPS) is 13.3. The molecule has 0 aromatic heterocycles. The summed E-state index contributed by atoms with van der Waals surface area (Å²) in [4.78, 5) is 6.87. The molecule has 0 spiro atoms. The number of hydrogen-bond acceptors (Lipinski definition) is 2. The summed E-state index contributed by atoms with van der Waals surface area (Å²) in [6.45, 7) is 15.4. The third kappa shape index (κ3) is 14.9. The first-order valence-corrected chi connectivity index (χ1v) is 8.78. The highest BCUT2D eigenvalue weighted by Gasteiger charge is 2.03. The lowest BCUT2D eigenvalue weighted by molar-refractivity contribution is 0.297. The second-order valence-corrected chi connectivity index (χ2v) is 6.37. The molecule has 22 heavy (non-hydrogen) atoms. The van der Waals surface area contributed by atoms with Gasteiger partial charge < -0.3 is 16.0 Å². The largest absolute Gasteiger partial charge is 0.370 e. The molecule has 0 heterocycles. The smallest absolute Gasteiger partial charge is 0.188 e. The van der Waals surface area contributed by atoms with Gasteiger partial charge in [0.25, 0.3) is 0 Å². The van der Waals surface area contributed by atoms with Crippen LogP contribution < -0.4 is 11.1 Å². The zero-order valence-corrected chi connectivity index (χ0v) is 17.7. The van der Waals surface area contributed by atoms with Gasteiger partial charge in [-0.15, -0.1) is 24.0 Å². The molecule has 3 N–H and O–H groups in total. The Bertz CT molecular complexity index is 265. The first-order chi connectivity index (χ1) is 9.99. The predicted octanol–water partition coefficient (Wildman–Crippen LogP) is 3.85. The van der Waals surface area contributed by atoms with E-state index in [1.54, 1.807) is 0 Å². The van der Waals surface area contributed by atoms with Crippen LogP contribution >= 0.6 is 24.0 Å². The van der Waals surface area contributed by atoms with Crippen molar-refractivity contribution in [3.8, 4) is 0 Å². The lowest BCUT2D eigenvalue weighted by Gasteiger charge is -2.17. The van der Waals surface area contributed by atoms with E-state index in [1.165, 1.54) is 25.8 Å². The van der Waals surface area contributed by atoms with Gasteiger partial charge in [-0.1, -0.05) is 40.5 Å². The van der Waals surface area contributed by atoms with Crippen molar-refractivity contribution in [2.24, 2.45) is 16.6 Å². The number of nitrogens with two attached hydrogens (primary N) is 1. The van der Waals surface area contributed by atoms with Crippen LogP contribution in [0.5, 0.6) is 0 Å². The molecule has 0 aromatic carbocycles. The molecule has 0 aliphatic heterocycles. The van der Waals surface area contributed by atoms with Gasteiger partial charge in [0.15, 0.2) is 5.96 Å². The molecule has 0 saturated heterocycles. The Labute approximate surface area is 155 Å². The minimum absolute atomic E-state index is 0. The maximum atomic E-state index is 5.93. The van der Waals surface area contributed by atoms with Gasteiger partial charge in [-0.25, -0.2) is 0 Å². The van der Waals surface area contributed by atoms with E-state index < -0.39 is 0 Å². The number of unbranched alkanes of at least 4 members (excludes halogenated alkanes) is 1. The molecule has 0 aliphatic rings. The summed E-state index contributed by atoms with van der Waals surface area (Å²) in [5.41, 5.74) is 5.93. The molecule has 1 atom stereocenters. The zero-order valence-electron chi connectivity index (χ0n) is 15.4. The van der Waals surface area contributed by atoms with Gasteiger partial charge in [0.2, 0.25) is 0 Å². The van der Waals surface area contributed by atoms with Crippen molar-refractivity contribution in [2.75, 3.05) is 26.2 Å². The molecule has 0 aromatic rings. The van der Waals surface area contributed by atoms with Crippen molar-refractivity contribution < 1.29 is 0 Å². The molecule has 0 bridgehead atoms. The van der Waals surface area contributed by atoms with Crippen LogP contribution in [0.15, 0.2) is 4.99 Å². The lowest BCUT2D eigenvalue weighted by Crippen LogP contribution is -2.38. The number of nitrogens with one attached hydrogen (secondary N) is 1. The predicted molar refractivity (Wildman–Crippen MR) is 110 cm³/mol. The number of rotatable bonds is 12. The van der Waals surface area contributed by atoms with Crippen LogP contribution in [0.2, 0.25) is 0 Å². The summed E-state index contributed by atoms with van der Waals surface area (Å²) in [5, 5.41) is 3.29. The van der Waals surface area contributed by atoms with E-state index in [9.17, 15) is 0 Å². The van der Waals surface area contributed by atoms with Gasteiger partial charge in [-0.2, -0.15) is 0 Å². The summed E-state index contributed by atoms with van der Waals surface area (Å²) in [7, 11) is 0. The van der Waals surface area contributed by atoms with Crippen LogP contribution in [0.1, 0.15) is 66.7 Å². The Kier molecular flexibility index (Phi) is 17.4. The van der Waals surface area contributed by atoms with E-state index in [0.29, 0.717) is 12.0 Å². The second kappa shape index (κ2) is 15.8. The van der Waals surface area contributed by atoms with Crippen molar-refractivity contribution in [2.45, 2.75) is 72.8 Å². The lowest BCUT2D eigenvalue weighted by atomic mass is 10.0. The highest BCUT2D eigenvalue weighted by Crippen LogP contribution is 2.07. The Hall–Kier alpha value is -0.0400. The Balaban J connectivity index is 0. The second-order valence-electron chi connectivity index (χ2n) is 6.37. The summed E-state index contributed by atoms with van der Waals surface area (Å²) in [6, 6.07) is 0.420. The molecule has 0 rings (SSSR count). The van der Waals surface area contributed by atoms with Crippen molar-refractivity contribution in [3.05, 3.63) is 0 Å². The molecule has 5 heteroatoms. The van der Waals surface area contributed by atoms with E-state index in [0.717, 1.165) is 38.4 Å². The fourth-order valence-corrected chi connectivity index (χ4v) is 2.39. The SMILES string of the molecule is CCN(CC)CCCCN=C(N)NC(C)CCCC(C)C.I.